The number of imide groups is 1. The molecule has 42 heavy (non-hydrogen) atoms. The summed E-state index contributed by atoms with van der Waals surface area (Å²) in [5.74, 6) is -0.560. The van der Waals surface area contributed by atoms with Gasteiger partial charge in [-0.3, -0.25) is 14.5 Å². The lowest BCUT2D eigenvalue weighted by Gasteiger charge is -2.44. The molecule has 3 aromatic rings. The van der Waals surface area contributed by atoms with Crippen molar-refractivity contribution in [1.82, 2.24) is 20.1 Å². The molecule has 3 saturated heterocycles. The minimum absolute atomic E-state index is 0.164. The van der Waals surface area contributed by atoms with Crippen LogP contribution in [0.15, 0.2) is 48.7 Å². The van der Waals surface area contributed by atoms with Crippen LogP contribution in [-0.4, -0.2) is 84.1 Å². The van der Waals surface area contributed by atoms with E-state index in [1.54, 1.807) is 23.2 Å². The molecule has 0 bridgehead atoms. The summed E-state index contributed by atoms with van der Waals surface area (Å²) in [6, 6.07) is 11.8. The summed E-state index contributed by atoms with van der Waals surface area (Å²) in [5, 5.41) is 4.49. The number of benzene rings is 2. The summed E-state index contributed by atoms with van der Waals surface area (Å²) in [5.41, 5.74) is 3.28. The molecule has 1 aliphatic carbocycles. The number of ether oxygens (including phenoxy) is 1. The maximum atomic E-state index is 13.8. The number of aromatic amines is 1. The van der Waals surface area contributed by atoms with Gasteiger partial charge in [-0.05, 0) is 73.9 Å². The molecule has 2 atom stereocenters. The number of urea groups is 1. The van der Waals surface area contributed by atoms with E-state index in [9.17, 15) is 14.4 Å². The highest BCUT2D eigenvalue weighted by Gasteiger charge is 2.51. The predicted molar refractivity (Wildman–Crippen MR) is 161 cm³/mol. The van der Waals surface area contributed by atoms with E-state index in [0.717, 1.165) is 50.2 Å². The van der Waals surface area contributed by atoms with Crippen LogP contribution in [0.5, 0.6) is 0 Å². The molecule has 10 heteroatoms. The topological polar surface area (TPSA) is 98.0 Å². The molecule has 7 rings (SSSR count). The molecule has 4 amide bonds. The van der Waals surface area contributed by atoms with Gasteiger partial charge in [0.2, 0.25) is 0 Å². The van der Waals surface area contributed by atoms with Gasteiger partial charge in [0.25, 0.3) is 11.8 Å². The van der Waals surface area contributed by atoms with Gasteiger partial charge in [-0.1, -0.05) is 36.2 Å². The molecule has 1 saturated carbocycles. The molecule has 4 aliphatic rings. The largest absolute Gasteiger partial charge is 0.379 e. The zero-order chi connectivity index (χ0) is 28.8. The van der Waals surface area contributed by atoms with Gasteiger partial charge < -0.3 is 19.9 Å². The summed E-state index contributed by atoms with van der Waals surface area (Å²) in [6.07, 6.45) is 7.69. The maximum absolute atomic E-state index is 13.8. The van der Waals surface area contributed by atoms with E-state index in [-0.39, 0.29) is 23.3 Å². The monoisotopic (exact) mass is 589 g/mol. The first kappa shape index (κ1) is 27.4. The average molecular weight is 590 g/mol. The number of amides is 4. The van der Waals surface area contributed by atoms with Crippen LogP contribution in [0.1, 0.15) is 54.4 Å². The van der Waals surface area contributed by atoms with Gasteiger partial charge in [-0.25, -0.2) is 9.69 Å². The zero-order valence-electron chi connectivity index (χ0n) is 23.6. The summed E-state index contributed by atoms with van der Waals surface area (Å²) in [7, 11) is 0. The number of nitrogens with zero attached hydrogens (tertiary/aromatic N) is 3. The molecule has 2 aromatic carbocycles. The van der Waals surface area contributed by atoms with Crippen molar-refractivity contribution in [1.29, 1.82) is 0 Å². The average Bonchev–Trinajstić information content (AvgIpc) is 3.49. The zero-order valence-corrected chi connectivity index (χ0v) is 24.4. The summed E-state index contributed by atoms with van der Waals surface area (Å²) in [4.78, 5) is 49.0. The molecular weight excluding hydrogens is 554 g/mol. The molecule has 0 spiro atoms. The Kier molecular flexibility index (Phi) is 7.20. The fourth-order valence-corrected chi connectivity index (χ4v) is 7.41. The maximum Gasteiger partial charge on any atom is 0.332 e. The third kappa shape index (κ3) is 4.77. The van der Waals surface area contributed by atoms with Crippen LogP contribution in [0.25, 0.3) is 10.9 Å². The Morgan fingerprint density at radius 2 is 1.83 bits per heavy atom. The number of halogens is 1. The smallest absolute Gasteiger partial charge is 0.332 e. The second-order valence-electron chi connectivity index (χ2n) is 12.1. The highest BCUT2D eigenvalue weighted by molar-refractivity contribution is 6.35. The number of nitrogens with one attached hydrogen (secondary N) is 2. The van der Waals surface area contributed by atoms with Crippen molar-refractivity contribution in [2.45, 2.75) is 56.0 Å². The number of hydrogen-bond donors (Lipinski definition) is 2. The Hall–Kier alpha value is -3.40. The number of morpholine rings is 1. The molecule has 9 nitrogen and oxygen atoms in total. The molecule has 3 aliphatic heterocycles. The second-order valence-corrected chi connectivity index (χ2v) is 12.5. The van der Waals surface area contributed by atoms with E-state index < -0.39 is 12.1 Å². The number of piperidine rings is 1. The van der Waals surface area contributed by atoms with Crippen LogP contribution in [0.3, 0.4) is 0 Å². The minimum Gasteiger partial charge on any atom is -0.379 e. The van der Waals surface area contributed by atoms with Crippen molar-refractivity contribution in [2.75, 3.05) is 44.3 Å². The van der Waals surface area contributed by atoms with Gasteiger partial charge in [0.1, 0.15) is 6.04 Å². The quantitative estimate of drug-likeness (QED) is 0.390. The summed E-state index contributed by atoms with van der Waals surface area (Å²) in [6.45, 7) is 5.15. The van der Waals surface area contributed by atoms with Crippen molar-refractivity contribution in [3.8, 4) is 0 Å². The molecule has 220 valence electrons. The standard InChI is InChI=1S/C32H36ClN5O4/c33-25-20-34-27-19-21(4-9-24(25)27)29(39)35-26-3-1-13-37-28(26)30(40)38(31(37)41)23-7-5-22(6-8-23)32(10-2-11-32)12-14-36-15-17-42-18-16-36/h4-9,19-20,26,28,34H,1-3,10-18H2,(H,35,39)/t26-,28+/m1/s1. The Morgan fingerprint density at radius 1 is 1.05 bits per heavy atom. The van der Waals surface area contributed by atoms with E-state index in [0.29, 0.717) is 35.7 Å². The Balaban J connectivity index is 1.06. The Labute approximate surface area is 250 Å². The van der Waals surface area contributed by atoms with E-state index in [1.807, 2.05) is 18.2 Å². The Morgan fingerprint density at radius 3 is 2.57 bits per heavy atom. The number of carbonyl (C=O) groups excluding carboxylic acids is 3. The lowest BCUT2D eigenvalue weighted by atomic mass is 9.62. The van der Waals surface area contributed by atoms with E-state index in [4.69, 9.17) is 16.3 Å². The SMILES string of the molecule is O=C(N[C@@H]1CCCN2C(=O)N(c3ccc(C4(CCN5CCOCC5)CCC4)cc3)C(=O)[C@H]12)c1ccc2c(Cl)c[nH]c2c1. The van der Waals surface area contributed by atoms with Crippen molar-refractivity contribution >= 4 is 46.0 Å². The molecule has 4 fully saturated rings. The summed E-state index contributed by atoms with van der Waals surface area (Å²) >= 11 is 6.18. The van der Waals surface area contributed by atoms with Crippen molar-refractivity contribution < 1.29 is 19.1 Å². The molecule has 2 N–H and O–H groups in total. The molecular formula is C32H36ClN5O4. The molecule has 1 aromatic heterocycles. The lowest BCUT2D eigenvalue weighted by Crippen LogP contribution is -2.55. The first-order valence-corrected chi connectivity index (χ1v) is 15.4. The minimum atomic E-state index is -0.718. The van der Waals surface area contributed by atoms with Crippen LogP contribution < -0.4 is 10.2 Å². The lowest BCUT2D eigenvalue weighted by molar-refractivity contribution is -0.121. The van der Waals surface area contributed by atoms with Gasteiger partial charge in [-0.15, -0.1) is 0 Å². The number of anilines is 1. The van der Waals surface area contributed by atoms with Gasteiger partial charge in [0.05, 0.1) is 30.0 Å². The number of hydrogen-bond acceptors (Lipinski definition) is 5. The molecule has 4 heterocycles. The number of H-pyrrole nitrogens is 1. The third-order valence-electron chi connectivity index (χ3n) is 9.81. The number of rotatable bonds is 7. The van der Waals surface area contributed by atoms with Crippen molar-refractivity contribution in [3.63, 3.8) is 0 Å². The van der Waals surface area contributed by atoms with Gasteiger partial charge in [0.15, 0.2) is 0 Å². The van der Waals surface area contributed by atoms with Crippen LogP contribution in [-0.2, 0) is 14.9 Å². The van der Waals surface area contributed by atoms with E-state index in [1.165, 1.54) is 29.7 Å². The Bertz CT molecular complexity index is 1510. The molecule has 0 unspecified atom stereocenters. The van der Waals surface area contributed by atoms with Crippen LogP contribution in [0.4, 0.5) is 10.5 Å². The fraction of sp³-hybridized carbons (Fsp3) is 0.469. The van der Waals surface area contributed by atoms with Gasteiger partial charge in [-0.2, -0.15) is 0 Å². The van der Waals surface area contributed by atoms with Crippen LogP contribution in [0.2, 0.25) is 5.02 Å². The van der Waals surface area contributed by atoms with Crippen molar-refractivity contribution in [2.24, 2.45) is 0 Å². The van der Waals surface area contributed by atoms with Crippen LogP contribution in [0, 0.1) is 0 Å². The highest BCUT2D eigenvalue weighted by Crippen LogP contribution is 2.47. The third-order valence-corrected chi connectivity index (χ3v) is 10.1. The highest BCUT2D eigenvalue weighted by atomic mass is 35.5. The normalized spacial score (nSPS) is 24.1. The fourth-order valence-electron chi connectivity index (χ4n) is 7.19. The molecule has 0 radical (unpaired) electrons. The number of fused-ring (bicyclic) bond motifs is 2. The first-order chi connectivity index (χ1) is 20.4. The second kappa shape index (κ2) is 11.0. The van der Waals surface area contributed by atoms with Gasteiger partial charge in [0, 0.05) is 42.3 Å². The van der Waals surface area contributed by atoms with E-state index in [2.05, 4.69) is 27.3 Å². The van der Waals surface area contributed by atoms with Crippen LogP contribution >= 0.6 is 11.6 Å². The number of aromatic nitrogens is 1. The first-order valence-electron chi connectivity index (χ1n) is 15.1. The van der Waals surface area contributed by atoms with E-state index >= 15 is 0 Å². The van der Waals surface area contributed by atoms with Gasteiger partial charge >= 0.3 is 6.03 Å². The summed E-state index contributed by atoms with van der Waals surface area (Å²) < 4.78 is 5.50. The predicted octanol–water partition coefficient (Wildman–Crippen LogP) is 4.69. The van der Waals surface area contributed by atoms with Crippen molar-refractivity contribution in [3.05, 3.63) is 64.8 Å². The number of carbonyl (C=O) groups is 3.